The molecular formula is C24H28F3N3O7. The van der Waals surface area contributed by atoms with Crippen LogP contribution in [0.3, 0.4) is 0 Å². The van der Waals surface area contributed by atoms with E-state index >= 15 is 0 Å². The topological polar surface area (TPSA) is 125 Å². The maximum Gasteiger partial charge on any atom is 0.573 e. The summed E-state index contributed by atoms with van der Waals surface area (Å²) in [6, 6.07) is 1.50. The Morgan fingerprint density at radius 2 is 1.78 bits per heavy atom. The number of ether oxygens (including phenoxy) is 2. The molecule has 0 bridgehead atoms. The van der Waals surface area contributed by atoms with Gasteiger partial charge in [0.2, 0.25) is 11.8 Å². The van der Waals surface area contributed by atoms with Crippen molar-refractivity contribution in [3.8, 4) is 5.75 Å². The molecule has 0 saturated carbocycles. The van der Waals surface area contributed by atoms with Gasteiger partial charge in [-0.25, -0.2) is 4.79 Å². The number of carbonyl (C=O) groups excluding carboxylic acids is 4. The molecular weight excluding hydrogens is 499 g/mol. The van der Waals surface area contributed by atoms with E-state index in [-0.39, 0.29) is 62.0 Å². The molecule has 3 aliphatic rings. The third-order valence-corrected chi connectivity index (χ3v) is 6.63. The summed E-state index contributed by atoms with van der Waals surface area (Å²) in [6.07, 6.45) is -5.88. The number of piperidine rings is 2. The number of amides is 4. The molecule has 2 fully saturated rings. The van der Waals surface area contributed by atoms with Gasteiger partial charge in [-0.15, -0.1) is 13.2 Å². The lowest BCUT2D eigenvalue weighted by Gasteiger charge is -2.39. The average molecular weight is 527 g/mol. The fraction of sp³-hybridized carbons (Fsp3) is 0.583. The van der Waals surface area contributed by atoms with E-state index in [1.54, 1.807) is 20.8 Å². The Balaban J connectivity index is 1.63. The number of rotatable bonds is 3. The lowest BCUT2D eigenvalue weighted by atomic mass is 9.82. The highest BCUT2D eigenvalue weighted by atomic mass is 19.4. The summed E-state index contributed by atoms with van der Waals surface area (Å²) in [5, 5.41) is 13.5. The normalized spacial score (nSPS) is 22.0. The number of hydrogen-bond donors (Lipinski definition) is 2. The number of fused-ring (bicyclic) bond motifs is 1. The van der Waals surface area contributed by atoms with Gasteiger partial charge in [0.05, 0.1) is 12.1 Å². The van der Waals surface area contributed by atoms with Crippen LogP contribution in [0.1, 0.15) is 67.9 Å². The Bertz CT molecular complexity index is 1140. The van der Waals surface area contributed by atoms with E-state index in [0.29, 0.717) is 0 Å². The number of nitrogens with one attached hydrogen (secondary N) is 1. The zero-order valence-electron chi connectivity index (χ0n) is 20.6. The van der Waals surface area contributed by atoms with Gasteiger partial charge in [0.25, 0.3) is 5.91 Å². The Kier molecular flexibility index (Phi) is 6.63. The van der Waals surface area contributed by atoms with Gasteiger partial charge < -0.3 is 24.4 Å². The van der Waals surface area contributed by atoms with Crippen LogP contribution in [0, 0.1) is 0 Å². The summed E-state index contributed by atoms with van der Waals surface area (Å²) >= 11 is 0. The molecule has 4 rings (SSSR count). The van der Waals surface area contributed by atoms with E-state index < -0.39 is 53.2 Å². The highest BCUT2D eigenvalue weighted by Gasteiger charge is 2.46. The van der Waals surface area contributed by atoms with Crippen LogP contribution in [-0.2, 0) is 26.5 Å². The van der Waals surface area contributed by atoms with Crippen molar-refractivity contribution in [3.05, 3.63) is 28.8 Å². The molecule has 4 amide bonds. The van der Waals surface area contributed by atoms with Crippen LogP contribution in [0.2, 0.25) is 0 Å². The molecule has 0 aliphatic carbocycles. The summed E-state index contributed by atoms with van der Waals surface area (Å²) < 4.78 is 50.2. The molecule has 13 heteroatoms. The Morgan fingerprint density at radius 3 is 2.35 bits per heavy atom. The predicted octanol–water partition coefficient (Wildman–Crippen LogP) is 2.56. The molecule has 10 nitrogen and oxygen atoms in total. The van der Waals surface area contributed by atoms with E-state index in [9.17, 15) is 37.5 Å². The predicted molar refractivity (Wildman–Crippen MR) is 120 cm³/mol. The Morgan fingerprint density at radius 1 is 1.14 bits per heavy atom. The minimum absolute atomic E-state index is 0.0123. The van der Waals surface area contributed by atoms with E-state index in [1.165, 1.54) is 17.0 Å². The van der Waals surface area contributed by atoms with Crippen molar-refractivity contribution in [1.29, 1.82) is 0 Å². The largest absolute Gasteiger partial charge is 0.573 e. The fourth-order valence-corrected chi connectivity index (χ4v) is 4.87. The Hall–Kier alpha value is -3.35. The van der Waals surface area contributed by atoms with Crippen molar-refractivity contribution >= 4 is 23.8 Å². The number of halogens is 3. The summed E-state index contributed by atoms with van der Waals surface area (Å²) in [5.41, 5.74) is -2.86. The smallest absolute Gasteiger partial charge is 0.444 e. The van der Waals surface area contributed by atoms with Gasteiger partial charge in [0.1, 0.15) is 17.4 Å². The first kappa shape index (κ1) is 26.7. The van der Waals surface area contributed by atoms with Crippen molar-refractivity contribution in [2.75, 3.05) is 13.1 Å². The van der Waals surface area contributed by atoms with Crippen LogP contribution in [0.4, 0.5) is 18.0 Å². The van der Waals surface area contributed by atoms with Gasteiger partial charge in [-0.1, -0.05) is 6.07 Å². The van der Waals surface area contributed by atoms with Crippen molar-refractivity contribution in [3.63, 3.8) is 0 Å². The summed E-state index contributed by atoms with van der Waals surface area (Å²) in [5.74, 6) is -2.56. The monoisotopic (exact) mass is 527 g/mol. The maximum absolute atomic E-state index is 13.5. The second-order valence-electron chi connectivity index (χ2n) is 10.4. The van der Waals surface area contributed by atoms with E-state index in [1.807, 2.05) is 0 Å². The first-order chi connectivity index (χ1) is 17.1. The molecule has 1 aromatic carbocycles. The minimum Gasteiger partial charge on any atom is -0.444 e. The molecule has 2 saturated heterocycles. The van der Waals surface area contributed by atoms with Gasteiger partial charge in [-0.3, -0.25) is 19.7 Å². The molecule has 1 aromatic rings. The molecule has 1 unspecified atom stereocenters. The van der Waals surface area contributed by atoms with Crippen molar-refractivity contribution in [2.45, 2.75) is 76.6 Å². The number of hydrogen-bond acceptors (Lipinski definition) is 7. The van der Waals surface area contributed by atoms with Gasteiger partial charge >= 0.3 is 12.5 Å². The molecule has 0 radical (unpaired) electrons. The van der Waals surface area contributed by atoms with Crippen LogP contribution >= 0.6 is 0 Å². The summed E-state index contributed by atoms with van der Waals surface area (Å²) in [7, 11) is 0. The number of aliphatic hydroxyl groups is 1. The highest BCUT2D eigenvalue weighted by molar-refractivity contribution is 6.05. The quantitative estimate of drug-likeness (QED) is 0.579. The molecule has 0 spiro atoms. The van der Waals surface area contributed by atoms with Crippen LogP contribution < -0.4 is 10.1 Å². The average Bonchev–Trinajstić information content (AvgIpc) is 3.09. The van der Waals surface area contributed by atoms with Crippen LogP contribution in [0.5, 0.6) is 5.75 Å². The van der Waals surface area contributed by atoms with Crippen molar-refractivity contribution in [2.24, 2.45) is 0 Å². The first-order valence-corrected chi connectivity index (χ1v) is 11.8. The third-order valence-electron chi connectivity index (χ3n) is 6.63. The van der Waals surface area contributed by atoms with Crippen LogP contribution in [0.15, 0.2) is 12.1 Å². The number of carbonyl (C=O) groups is 4. The second kappa shape index (κ2) is 9.19. The Labute approximate surface area is 210 Å². The van der Waals surface area contributed by atoms with Crippen LogP contribution in [0.25, 0.3) is 0 Å². The number of imide groups is 1. The van der Waals surface area contributed by atoms with Crippen molar-refractivity contribution in [1.82, 2.24) is 15.1 Å². The lowest BCUT2D eigenvalue weighted by molar-refractivity contribution is -0.275. The molecule has 37 heavy (non-hydrogen) atoms. The van der Waals surface area contributed by atoms with Gasteiger partial charge in [-0.05, 0) is 46.1 Å². The van der Waals surface area contributed by atoms with Gasteiger partial charge in [0.15, 0.2) is 0 Å². The van der Waals surface area contributed by atoms with Gasteiger partial charge in [-0.2, -0.15) is 0 Å². The molecule has 1 atom stereocenters. The van der Waals surface area contributed by atoms with Gasteiger partial charge in [0, 0.05) is 36.2 Å². The second-order valence-corrected chi connectivity index (χ2v) is 10.4. The summed E-state index contributed by atoms with van der Waals surface area (Å²) in [4.78, 5) is 51.7. The standard InChI is InChI=1S/C24H28F3N3O7/c1-22(2,3)37-21(34)29-10-8-23(35,9-11-29)15-5-4-13-14(18(15)36-24(25,26)27)12-30(20(13)33)16-6-7-17(31)28-19(16)32/h4-5,16,35H,6-12H2,1-3H3,(H,28,31,32). The first-order valence-electron chi connectivity index (χ1n) is 11.8. The molecule has 2 N–H and O–H groups in total. The van der Waals surface area contributed by atoms with E-state index in [0.717, 1.165) is 4.90 Å². The SMILES string of the molecule is CC(C)(C)OC(=O)N1CCC(O)(c2ccc3c(c2OC(F)(F)F)CN(C2CCC(=O)NC2=O)C3=O)CC1. The zero-order chi connectivity index (χ0) is 27.3. The van der Waals surface area contributed by atoms with Crippen LogP contribution in [-0.4, -0.2) is 69.8 Å². The molecule has 0 aromatic heterocycles. The highest BCUT2D eigenvalue weighted by Crippen LogP contribution is 2.45. The molecule has 202 valence electrons. The summed E-state index contributed by atoms with van der Waals surface area (Å²) in [6.45, 7) is 4.80. The van der Waals surface area contributed by atoms with E-state index in [2.05, 4.69) is 10.1 Å². The number of likely N-dealkylation sites (tertiary alicyclic amines) is 1. The molecule has 3 aliphatic heterocycles. The molecule has 3 heterocycles. The minimum atomic E-state index is -5.12. The lowest BCUT2D eigenvalue weighted by Crippen LogP contribution is -2.52. The third kappa shape index (κ3) is 5.50. The zero-order valence-corrected chi connectivity index (χ0v) is 20.6. The maximum atomic E-state index is 13.5. The fourth-order valence-electron chi connectivity index (χ4n) is 4.87. The number of alkyl halides is 3. The van der Waals surface area contributed by atoms with E-state index in [4.69, 9.17) is 4.74 Å². The number of benzene rings is 1. The number of nitrogens with zero attached hydrogens (tertiary/aromatic N) is 2. The van der Waals surface area contributed by atoms with Crippen molar-refractivity contribution < 1.29 is 46.9 Å².